The third-order valence-corrected chi connectivity index (χ3v) is 4.31. The first-order valence-corrected chi connectivity index (χ1v) is 7.59. The molecule has 0 aliphatic carbocycles. The van der Waals surface area contributed by atoms with E-state index in [1.165, 1.54) is 0 Å². The number of imidazole rings is 2. The molecule has 0 unspecified atom stereocenters. The van der Waals surface area contributed by atoms with Crippen LogP contribution in [0.15, 0.2) is 58.4 Å². The zero-order valence-corrected chi connectivity index (χ0v) is 13.2. The smallest absolute Gasteiger partial charge is 0.143 e. The van der Waals surface area contributed by atoms with Gasteiger partial charge in [-0.15, -0.1) is 0 Å². The Morgan fingerprint density at radius 2 is 1.67 bits per heavy atom. The molecule has 1 aromatic carbocycles. The highest BCUT2D eigenvalue weighted by atomic mass is 16.3. The number of furan rings is 2. The normalized spacial score (nSPS) is 11.8. The molecule has 0 atom stereocenters. The number of aromatic nitrogens is 4. The van der Waals surface area contributed by atoms with Gasteiger partial charge in [-0.3, -0.25) is 0 Å². The molecular weight excluding hydrogens is 304 g/mol. The number of nitrogens with zero attached hydrogens (tertiary/aromatic N) is 4. The van der Waals surface area contributed by atoms with E-state index in [9.17, 15) is 0 Å². The SMILES string of the molecule is Cn1cnc(-c2coc3cc4occ(-c5nccn5C)c4cc23)c1. The molecule has 4 heterocycles. The van der Waals surface area contributed by atoms with E-state index in [1.807, 2.05) is 41.7 Å². The Balaban J connectivity index is 1.80. The Labute approximate surface area is 137 Å². The molecule has 6 heteroatoms. The summed E-state index contributed by atoms with van der Waals surface area (Å²) in [6.45, 7) is 0. The van der Waals surface area contributed by atoms with Gasteiger partial charge in [-0.25, -0.2) is 9.97 Å². The van der Waals surface area contributed by atoms with Gasteiger partial charge in [0.1, 0.15) is 29.5 Å². The van der Waals surface area contributed by atoms with Crippen LogP contribution < -0.4 is 0 Å². The van der Waals surface area contributed by atoms with Crippen molar-refractivity contribution in [2.24, 2.45) is 14.1 Å². The highest BCUT2D eigenvalue weighted by Gasteiger charge is 2.17. The van der Waals surface area contributed by atoms with Crippen molar-refractivity contribution in [1.29, 1.82) is 0 Å². The maximum atomic E-state index is 5.72. The van der Waals surface area contributed by atoms with Gasteiger partial charge in [-0.1, -0.05) is 0 Å². The summed E-state index contributed by atoms with van der Waals surface area (Å²) in [6.07, 6.45) is 10.9. The van der Waals surface area contributed by atoms with Crippen molar-refractivity contribution in [2.45, 2.75) is 0 Å². The maximum Gasteiger partial charge on any atom is 0.143 e. The van der Waals surface area contributed by atoms with E-state index in [4.69, 9.17) is 8.83 Å². The summed E-state index contributed by atoms with van der Waals surface area (Å²) in [6, 6.07) is 4.01. The van der Waals surface area contributed by atoms with Crippen molar-refractivity contribution in [3.05, 3.63) is 49.6 Å². The minimum absolute atomic E-state index is 0.780. The van der Waals surface area contributed by atoms with Gasteiger partial charge in [0.05, 0.1) is 17.6 Å². The minimum Gasteiger partial charge on any atom is -0.463 e. The van der Waals surface area contributed by atoms with Crippen LogP contribution in [0, 0.1) is 0 Å². The lowest BCUT2D eigenvalue weighted by molar-refractivity contribution is 0.605. The van der Waals surface area contributed by atoms with Gasteiger partial charge < -0.3 is 18.0 Å². The average molecular weight is 318 g/mol. The van der Waals surface area contributed by atoms with Crippen LogP contribution in [0.2, 0.25) is 0 Å². The van der Waals surface area contributed by atoms with Crippen LogP contribution in [0.1, 0.15) is 0 Å². The lowest BCUT2D eigenvalue weighted by atomic mass is 10.1. The summed E-state index contributed by atoms with van der Waals surface area (Å²) in [5.41, 5.74) is 4.39. The Hall–Kier alpha value is -3.28. The summed E-state index contributed by atoms with van der Waals surface area (Å²) in [5, 5.41) is 2.02. The molecule has 4 aromatic heterocycles. The summed E-state index contributed by atoms with van der Waals surface area (Å²) < 4.78 is 15.3. The number of rotatable bonds is 2. The molecule has 5 rings (SSSR count). The van der Waals surface area contributed by atoms with Gasteiger partial charge in [0.15, 0.2) is 0 Å². The summed E-state index contributed by atoms with van der Waals surface area (Å²) >= 11 is 0. The molecule has 118 valence electrons. The van der Waals surface area contributed by atoms with Crippen LogP contribution in [-0.4, -0.2) is 19.1 Å². The van der Waals surface area contributed by atoms with E-state index < -0.39 is 0 Å². The van der Waals surface area contributed by atoms with Gasteiger partial charge >= 0.3 is 0 Å². The second-order valence-corrected chi connectivity index (χ2v) is 5.93. The molecule has 0 fully saturated rings. The van der Waals surface area contributed by atoms with Crippen molar-refractivity contribution in [1.82, 2.24) is 19.1 Å². The highest BCUT2D eigenvalue weighted by molar-refractivity contribution is 6.05. The topological polar surface area (TPSA) is 61.9 Å². The highest BCUT2D eigenvalue weighted by Crippen LogP contribution is 2.37. The Bertz CT molecular complexity index is 1190. The van der Waals surface area contributed by atoms with E-state index in [2.05, 4.69) is 16.0 Å². The minimum atomic E-state index is 0.780. The van der Waals surface area contributed by atoms with Crippen molar-refractivity contribution < 1.29 is 8.83 Å². The predicted octanol–water partition coefficient (Wildman–Crippen LogP) is 3.98. The van der Waals surface area contributed by atoms with Gasteiger partial charge in [-0.2, -0.15) is 0 Å². The van der Waals surface area contributed by atoms with Gasteiger partial charge in [0.2, 0.25) is 0 Å². The Kier molecular flexibility index (Phi) is 2.53. The predicted molar refractivity (Wildman–Crippen MR) is 90.4 cm³/mol. The first kappa shape index (κ1) is 13.2. The van der Waals surface area contributed by atoms with E-state index >= 15 is 0 Å². The molecule has 5 aromatic rings. The molecule has 0 N–H and O–H groups in total. The molecule has 0 radical (unpaired) electrons. The summed E-state index contributed by atoms with van der Waals surface area (Å²) in [7, 11) is 3.92. The first-order chi connectivity index (χ1) is 11.7. The molecule has 24 heavy (non-hydrogen) atoms. The lowest BCUT2D eigenvalue weighted by Gasteiger charge is -1.99. The molecule has 0 saturated heterocycles. The molecule has 0 spiro atoms. The van der Waals surface area contributed by atoms with E-state index in [-0.39, 0.29) is 0 Å². The second kappa shape index (κ2) is 4.61. The first-order valence-electron chi connectivity index (χ1n) is 7.59. The Morgan fingerprint density at radius 1 is 0.917 bits per heavy atom. The van der Waals surface area contributed by atoms with E-state index in [1.54, 1.807) is 25.1 Å². The third kappa shape index (κ3) is 1.76. The van der Waals surface area contributed by atoms with Crippen molar-refractivity contribution in [3.8, 4) is 22.6 Å². The fourth-order valence-electron chi connectivity index (χ4n) is 3.10. The van der Waals surface area contributed by atoms with Crippen LogP contribution in [0.3, 0.4) is 0 Å². The summed E-state index contributed by atoms with van der Waals surface area (Å²) in [4.78, 5) is 8.85. The van der Waals surface area contributed by atoms with Crippen molar-refractivity contribution in [3.63, 3.8) is 0 Å². The quantitative estimate of drug-likeness (QED) is 0.494. The van der Waals surface area contributed by atoms with Gasteiger partial charge in [0, 0.05) is 55.1 Å². The van der Waals surface area contributed by atoms with Crippen LogP contribution in [0.4, 0.5) is 0 Å². The molecule has 0 amide bonds. The number of fused-ring (bicyclic) bond motifs is 2. The number of hydrogen-bond acceptors (Lipinski definition) is 4. The van der Waals surface area contributed by atoms with Gasteiger partial charge in [-0.05, 0) is 6.07 Å². The lowest BCUT2D eigenvalue weighted by Crippen LogP contribution is -1.89. The van der Waals surface area contributed by atoms with Crippen LogP contribution in [0.25, 0.3) is 44.6 Å². The molecule has 0 bridgehead atoms. The second-order valence-electron chi connectivity index (χ2n) is 5.93. The maximum absolute atomic E-state index is 5.72. The standard InChI is InChI=1S/C18H14N4O2/c1-21-7-15(20-10-21)13-8-23-16-6-17-12(5-11(13)16)14(9-24-17)18-19-3-4-22(18)2/h3-10H,1-2H3. The summed E-state index contributed by atoms with van der Waals surface area (Å²) in [5.74, 6) is 0.871. The van der Waals surface area contributed by atoms with Crippen LogP contribution in [0.5, 0.6) is 0 Å². The fourth-order valence-corrected chi connectivity index (χ4v) is 3.10. The van der Waals surface area contributed by atoms with Crippen LogP contribution in [-0.2, 0) is 14.1 Å². The molecule has 0 aliphatic rings. The number of hydrogen-bond donors (Lipinski definition) is 0. The zero-order chi connectivity index (χ0) is 16.3. The molecule has 0 aliphatic heterocycles. The zero-order valence-electron chi connectivity index (χ0n) is 13.2. The fraction of sp³-hybridized carbons (Fsp3) is 0.111. The van der Waals surface area contributed by atoms with Gasteiger partial charge in [0.25, 0.3) is 0 Å². The molecule has 6 nitrogen and oxygen atoms in total. The van der Waals surface area contributed by atoms with Crippen LogP contribution >= 0.6 is 0 Å². The van der Waals surface area contributed by atoms with E-state index in [0.29, 0.717) is 0 Å². The van der Waals surface area contributed by atoms with Crippen molar-refractivity contribution >= 4 is 21.9 Å². The number of benzene rings is 1. The monoisotopic (exact) mass is 318 g/mol. The molecule has 0 saturated carbocycles. The van der Waals surface area contributed by atoms with Crippen molar-refractivity contribution in [2.75, 3.05) is 0 Å². The largest absolute Gasteiger partial charge is 0.463 e. The Morgan fingerprint density at radius 3 is 2.33 bits per heavy atom. The number of aryl methyl sites for hydroxylation is 2. The van der Waals surface area contributed by atoms with E-state index in [0.717, 1.165) is 44.6 Å². The molecular formula is C18H14N4O2. The third-order valence-electron chi connectivity index (χ3n) is 4.31. The average Bonchev–Trinajstić information content (AvgIpc) is 3.31.